The zero-order valence-electron chi connectivity index (χ0n) is 10.7. The lowest BCUT2D eigenvalue weighted by atomic mass is 10.0. The van der Waals surface area contributed by atoms with Crippen molar-refractivity contribution in [3.63, 3.8) is 0 Å². The summed E-state index contributed by atoms with van der Waals surface area (Å²) in [6.45, 7) is 0.165. The van der Waals surface area contributed by atoms with Crippen molar-refractivity contribution in [3.05, 3.63) is 29.8 Å². The predicted octanol–water partition coefficient (Wildman–Crippen LogP) is 1.79. The first-order valence-electron chi connectivity index (χ1n) is 6.01. The molecule has 0 aromatic heterocycles. The molecule has 0 saturated carbocycles. The molecule has 0 radical (unpaired) electrons. The van der Waals surface area contributed by atoms with Crippen LogP contribution in [-0.2, 0) is 4.79 Å². The number of nitrogens with zero attached hydrogens (tertiary/aromatic N) is 2. The van der Waals surface area contributed by atoms with Crippen molar-refractivity contribution < 1.29 is 9.59 Å². The van der Waals surface area contributed by atoms with Crippen LogP contribution in [0.2, 0.25) is 0 Å². The van der Waals surface area contributed by atoms with Gasteiger partial charge in [0.05, 0.1) is 12.3 Å². The second-order valence-electron chi connectivity index (χ2n) is 4.21. The fourth-order valence-electron chi connectivity index (χ4n) is 1.88. The molecule has 1 N–H and O–H groups in total. The van der Waals surface area contributed by atoms with Gasteiger partial charge in [0.1, 0.15) is 0 Å². The second-order valence-corrected chi connectivity index (χ2v) is 4.60. The molecule has 20 heavy (non-hydrogen) atoms. The van der Waals surface area contributed by atoms with Crippen LogP contribution in [0, 0.1) is 12.3 Å². The Hall–Kier alpha value is -2.26. The van der Waals surface area contributed by atoms with Gasteiger partial charge in [-0.15, -0.1) is 6.42 Å². The van der Waals surface area contributed by atoms with Gasteiger partial charge < -0.3 is 0 Å². The number of thiol groups is 1. The predicted molar refractivity (Wildman–Crippen MR) is 80.9 cm³/mol. The number of amides is 2. The number of hydrogen-bond acceptors (Lipinski definition) is 3. The zero-order chi connectivity index (χ0) is 14.5. The summed E-state index contributed by atoms with van der Waals surface area (Å²) in [7, 11) is 0. The molecule has 2 rings (SSSR count). The van der Waals surface area contributed by atoms with Gasteiger partial charge in [-0.05, 0) is 17.7 Å². The van der Waals surface area contributed by atoms with E-state index in [0.29, 0.717) is 18.5 Å². The van der Waals surface area contributed by atoms with E-state index in [1.54, 1.807) is 12.1 Å². The number of terminal acetylenes is 1. The van der Waals surface area contributed by atoms with E-state index in [2.05, 4.69) is 29.1 Å². The van der Waals surface area contributed by atoms with Crippen LogP contribution in [0.15, 0.2) is 29.4 Å². The van der Waals surface area contributed by atoms with E-state index in [9.17, 15) is 9.59 Å². The van der Waals surface area contributed by atoms with E-state index in [1.807, 2.05) is 12.1 Å². The molecule has 2 amide bonds. The first-order valence-corrected chi connectivity index (χ1v) is 6.46. The number of rotatable bonds is 3. The van der Waals surface area contributed by atoms with Gasteiger partial charge in [-0.3, -0.25) is 14.5 Å². The van der Waals surface area contributed by atoms with Crippen LogP contribution >= 0.6 is 12.6 Å². The quantitative estimate of drug-likeness (QED) is 0.657. The highest BCUT2D eigenvalue weighted by atomic mass is 32.1. The molecule has 1 aromatic carbocycles. The largest absolute Gasteiger partial charge is 0.292 e. The lowest BCUT2D eigenvalue weighted by Crippen LogP contribution is -2.27. The fourth-order valence-corrected chi connectivity index (χ4v) is 2.06. The smallest absolute Gasteiger partial charge is 0.283 e. The molecule has 0 aliphatic carbocycles. The summed E-state index contributed by atoms with van der Waals surface area (Å²) in [5.74, 6) is 2.34. The molecule has 1 aliphatic rings. The highest BCUT2D eigenvalue weighted by Gasteiger charge is 2.15. The first-order chi connectivity index (χ1) is 9.61. The summed E-state index contributed by atoms with van der Waals surface area (Å²) in [5, 5.41) is 3.61. The van der Waals surface area contributed by atoms with Crippen LogP contribution in [0.3, 0.4) is 0 Å². The fraction of sp³-hybridized carbons (Fsp3) is 0.214. The summed E-state index contributed by atoms with van der Waals surface area (Å²) >= 11 is 3.80. The zero-order valence-corrected chi connectivity index (χ0v) is 11.6. The number of hydrogen-bond donors (Lipinski definition) is 2. The van der Waals surface area contributed by atoms with Gasteiger partial charge in [-0.25, -0.2) is 5.43 Å². The Kier molecular flexibility index (Phi) is 4.43. The number of carbonyl (C=O) groups excluding carboxylic acids is 2. The van der Waals surface area contributed by atoms with E-state index < -0.39 is 5.24 Å². The molecule has 0 spiro atoms. The number of nitrogens with one attached hydrogen (secondary N) is 1. The topological polar surface area (TPSA) is 61.8 Å². The number of anilines is 1. The van der Waals surface area contributed by atoms with E-state index in [4.69, 9.17) is 6.42 Å². The first kappa shape index (κ1) is 14.2. The molecule has 1 heterocycles. The highest BCUT2D eigenvalue weighted by molar-refractivity contribution is 7.96. The summed E-state index contributed by atoms with van der Waals surface area (Å²) in [5.41, 5.74) is 4.85. The molecule has 0 fully saturated rings. The standard InChI is InChI=1S/C14H13N3O2S/c1-2-9-17(14(19)20)11-5-3-10(4-6-11)12-7-8-13(18)16-15-12/h1,3-6H,7-9H2,(H,16,18)(H,19,20). The third-order valence-corrected chi connectivity index (χ3v) is 3.14. The van der Waals surface area contributed by atoms with Crippen molar-refractivity contribution in [1.29, 1.82) is 0 Å². The van der Waals surface area contributed by atoms with E-state index in [-0.39, 0.29) is 12.5 Å². The van der Waals surface area contributed by atoms with Gasteiger partial charge in [0.15, 0.2) is 0 Å². The molecular formula is C14H13N3O2S. The maximum absolute atomic E-state index is 11.4. The van der Waals surface area contributed by atoms with Crippen LogP contribution in [0.4, 0.5) is 10.5 Å². The number of carbonyl (C=O) groups is 2. The summed E-state index contributed by atoms with van der Waals surface area (Å²) < 4.78 is 0. The molecule has 5 nitrogen and oxygen atoms in total. The Balaban J connectivity index is 2.20. The molecule has 1 aromatic rings. The molecule has 0 unspecified atom stereocenters. The minimum Gasteiger partial charge on any atom is -0.292 e. The lowest BCUT2D eigenvalue weighted by molar-refractivity contribution is -0.121. The average molecular weight is 287 g/mol. The van der Waals surface area contributed by atoms with Crippen LogP contribution < -0.4 is 10.3 Å². The van der Waals surface area contributed by atoms with E-state index >= 15 is 0 Å². The van der Waals surface area contributed by atoms with Gasteiger partial charge in [0.2, 0.25) is 5.91 Å². The maximum atomic E-state index is 11.4. The van der Waals surface area contributed by atoms with Crippen molar-refractivity contribution in [2.75, 3.05) is 11.4 Å². The van der Waals surface area contributed by atoms with E-state index in [1.165, 1.54) is 4.90 Å². The molecule has 1 aliphatic heterocycles. The Bertz CT molecular complexity index is 602. The average Bonchev–Trinajstić information content (AvgIpc) is 2.45. The number of benzene rings is 1. The van der Waals surface area contributed by atoms with Gasteiger partial charge >= 0.3 is 0 Å². The molecular weight excluding hydrogens is 274 g/mol. The molecule has 0 bridgehead atoms. The molecule has 102 valence electrons. The monoisotopic (exact) mass is 287 g/mol. The highest BCUT2D eigenvalue weighted by Crippen LogP contribution is 2.18. The minimum absolute atomic E-state index is 0.0776. The Labute approximate surface area is 122 Å². The number of hydrazone groups is 1. The minimum atomic E-state index is -0.405. The van der Waals surface area contributed by atoms with Crippen molar-refractivity contribution in [1.82, 2.24) is 5.43 Å². The normalized spacial score (nSPS) is 14.0. The Morgan fingerprint density at radius 2 is 2.10 bits per heavy atom. The summed E-state index contributed by atoms with van der Waals surface area (Å²) in [6, 6.07) is 7.23. The Morgan fingerprint density at radius 1 is 1.40 bits per heavy atom. The molecule has 0 saturated heterocycles. The van der Waals surface area contributed by atoms with Gasteiger partial charge in [0.25, 0.3) is 5.24 Å². The second kappa shape index (κ2) is 6.26. The van der Waals surface area contributed by atoms with Gasteiger partial charge in [-0.2, -0.15) is 5.10 Å². The lowest BCUT2D eigenvalue weighted by Gasteiger charge is -2.18. The van der Waals surface area contributed by atoms with Crippen LogP contribution in [0.5, 0.6) is 0 Å². The van der Waals surface area contributed by atoms with E-state index in [0.717, 1.165) is 11.3 Å². The van der Waals surface area contributed by atoms with Crippen LogP contribution in [0.1, 0.15) is 18.4 Å². The van der Waals surface area contributed by atoms with Crippen molar-refractivity contribution in [3.8, 4) is 12.3 Å². The third-order valence-electron chi connectivity index (χ3n) is 2.90. The Morgan fingerprint density at radius 3 is 2.60 bits per heavy atom. The van der Waals surface area contributed by atoms with Gasteiger partial charge in [-0.1, -0.05) is 30.7 Å². The van der Waals surface area contributed by atoms with Crippen molar-refractivity contribution in [2.45, 2.75) is 12.8 Å². The van der Waals surface area contributed by atoms with Crippen molar-refractivity contribution in [2.24, 2.45) is 5.10 Å². The third kappa shape index (κ3) is 3.19. The van der Waals surface area contributed by atoms with Crippen LogP contribution in [0.25, 0.3) is 0 Å². The summed E-state index contributed by atoms with van der Waals surface area (Å²) in [6.07, 6.45) is 6.26. The SMILES string of the molecule is C#CCN(C(=O)S)c1ccc(C2=NNC(=O)CC2)cc1. The maximum Gasteiger partial charge on any atom is 0.283 e. The van der Waals surface area contributed by atoms with Crippen LogP contribution in [-0.4, -0.2) is 23.4 Å². The summed E-state index contributed by atoms with van der Waals surface area (Å²) in [4.78, 5) is 23.8. The van der Waals surface area contributed by atoms with Gasteiger partial charge in [0, 0.05) is 18.5 Å². The molecule has 6 heteroatoms. The van der Waals surface area contributed by atoms with Crippen molar-refractivity contribution >= 4 is 35.2 Å². The molecule has 0 atom stereocenters.